The minimum Gasteiger partial charge on any atom is -0.472 e. The average molecular weight is 437 g/mol. The molecule has 0 fully saturated rings. The maximum absolute atomic E-state index is 12.4. The number of carbonyl (C=O) groups excluding carboxylic acids is 1. The number of hydrogen-bond donors (Lipinski definition) is 1. The molecule has 2 aromatic rings. The van der Waals surface area contributed by atoms with Crippen molar-refractivity contribution in [1.82, 2.24) is 18.2 Å². The summed E-state index contributed by atoms with van der Waals surface area (Å²) < 4.78 is 14.9. The third-order valence-corrected chi connectivity index (χ3v) is 5.27. The van der Waals surface area contributed by atoms with E-state index in [0.717, 1.165) is 11.3 Å². The van der Waals surface area contributed by atoms with Gasteiger partial charge in [-0.25, -0.2) is 3.15 Å². The van der Waals surface area contributed by atoms with Crippen LogP contribution in [-0.4, -0.2) is 27.1 Å². The van der Waals surface area contributed by atoms with Gasteiger partial charge in [0.2, 0.25) is 5.88 Å². The number of carbonyl (C=O) groups is 1. The quantitative estimate of drug-likeness (QED) is 0.589. The lowest BCUT2D eigenvalue weighted by atomic mass is 10.2. The van der Waals surface area contributed by atoms with E-state index in [0.29, 0.717) is 37.8 Å². The summed E-state index contributed by atoms with van der Waals surface area (Å²) in [6, 6.07) is 11.9. The van der Waals surface area contributed by atoms with Gasteiger partial charge in [-0.2, -0.15) is 0 Å². The number of rotatable bonds is 4. The first kappa shape index (κ1) is 15.3. The Bertz CT molecular complexity index is 815. The molecule has 0 unspecified atom stereocenters. The lowest BCUT2D eigenvalue weighted by molar-refractivity contribution is -0.128. The molecule has 1 aromatic heterocycles. The molecule has 2 aliphatic heterocycles. The molecule has 1 amide bonds. The third kappa shape index (κ3) is 3.18. The smallest absolute Gasteiger partial charge is 0.272 e. The molecule has 1 aromatic carbocycles. The Morgan fingerprint density at radius 2 is 2.17 bits per heavy atom. The van der Waals surface area contributed by atoms with Gasteiger partial charge in [-0.15, -0.1) is 5.10 Å². The predicted octanol–water partition coefficient (Wildman–Crippen LogP) is 2.32. The predicted molar refractivity (Wildman–Crippen MR) is 96.1 cm³/mol. The summed E-state index contributed by atoms with van der Waals surface area (Å²) in [6.45, 7) is 2.35. The van der Waals surface area contributed by atoms with Crippen LogP contribution in [0.1, 0.15) is 11.3 Å². The molecule has 0 aliphatic carbocycles. The molecule has 8 heteroatoms. The van der Waals surface area contributed by atoms with E-state index in [1.54, 1.807) is 6.20 Å². The summed E-state index contributed by atoms with van der Waals surface area (Å²) in [4.78, 5) is 14.2. The standard InChI is InChI=1S/C16H16IN5O2/c23-16(14-9-18-17-19-14)21-6-7-22-13(10-21)8-15(20-22)24-11-12-4-2-1-3-5-12/h1-5,8-9H,6-7,10-11H2,(H,18,19). The number of nitrogens with one attached hydrogen (secondary N) is 1. The zero-order chi connectivity index (χ0) is 16.4. The Hall–Kier alpha value is -2.23. The molecule has 24 heavy (non-hydrogen) atoms. The fraction of sp³-hybridized carbons (Fsp3) is 0.250. The van der Waals surface area contributed by atoms with Crippen molar-refractivity contribution in [3.63, 3.8) is 0 Å². The number of fused-ring (bicyclic) bond motifs is 1. The van der Waals surface area contributed by atoms with Crippen LogP contribution in [-0.2, 0) is 24.5 Å². The van der Waals surface area contributed by atoms with Gasteiger partial charge < -0.3 is 13.2 Å². The van der Waals surface area contributed by atoms with Crippen LogP contribution in [0.2, 0.25) is 0 Å². The second-order valence-corrected chi connectivity index (χ2v) is 7.10. The highest BCUT2D eigenvalue weighted by molar-refractivity contribution is 14.1. The number of halogens is 1. The van der Waals surface area contributed by atoms with Crippen LogP contribution >= 0.6 is 21.3 Å². The molecule has 7 nitrogen and oxygen atoms in total. The SMILES string of the molecule is O=C(C1=CN=IN1)N1CCn2nc(OCc3ccccc3)cc2C1. The summed E-state index contributed by atoms with van der Waals surface area (Å²) in [5.41, 5.74) is 2.70. The molecule has 3 heterocycles. The van der Waals surface area contributed by atoms with Crippen molar-refractivity contribution in [1.29, 1.82) is 0 Å². The van der Waals surface area contributed by atoms with E-state index in [2.05, 4.69) is 11.8 Å². The van der Waals surface area contributed by atoms with Gasteiger partial charge in [-0.05, 0) is 5.56 Å². The van der Waals surface area contributed by atoms with Crippen molar-refractivity contribution in [3.8, 4) is 5.88 Å². The maximum atomic E-state index is 12.4. The van der Waals surface area contributed by atoms with E-state index < -0.39 is 21.3 Å². The normalized spacial score (nSPS) is 16.0. The van der Waals surface area contributed by atoms with Crippen LogP contribution in [0, 0.1) is 0 Å². The highest BCUT2D eigenvalue weighted by atomic mass is 127. The molecule has 0 atom stereocenters. The molecular formula is C16H16IN5O2. The molecule has 1 N–H and O–H groups in total. The number of ether oxygens (including phenoxy) is 1. The lowest BCUT2D eigenvalue weighted by Crippen LogP contribution is -2.40. The minimum atomic E-state index is -0.434. The van der Waals surface area contributed by atoms with Gasteiger partial charge in [-0.3, -0.25) is 9.48 Å². The first-order chi connectivity index (χ1) is 11.8. The first-order valence-corrected chi connectivity index (χ1v) is 9.66. The average Bonchev–Trinajstić information content (AvgIpc) is 3.29. The summed E-state index contributed by atoms with van der Waals surface area (Å²) in [5.74, 6) is 0.609. The van der Waals surface area contributed by atoms with Gasteiger partial charge in [0.25, 0.3) is 5.91 Å². The second-order valence-electron chi connectivity index (χ2n) is 5.52. The Labute approximate surface area is 149 Å². The van der Waals surface area contributed by atoms with Crippen molar-refractivity contribution in [2.24, 2.45) is 3.15 Å². The fourth-order valence-corrected chi connectivity index (χ4v) is 3.84. The van der Waals surface area contributed by atoms with Crippen molar-refractivity contribution < 1.29 is 9.53 Å². The fourth-order valence-electron chi connectivity index (χ4n) is 2.65. The summed E-state index contributed by atoms with van der Waals surface area (Å²) in [5, 5.41) is 4.47. The molecule has 2 aliphatic rings. The summed E-state index contributed by atoms with van der Waals surface area (Å²) in [6.07, 6.45) is 1.65. The van der Waals surface area contributed by atoms with Crippen molar-refractivity contribution in [2.75, 3.05) is 6.54 Å². The highest BCUT2D eigenvalue weighted by Crippen LogP contribution is 2.21. The van der Waals surface area contributed by atoms with Crippen LogP contribution in [0.4, 0.5) is 0 Å². The van der Waals surface area contributed by atoms with Crippen LogP contribution in [0.5, 0.6) is 5.88 Å². The number of nitrogens with zero attached hydrogens (tertiary/aromatic N) is 4. The van der Waals surface area contributed by atoms with Crippen molar-refractivity contribution in [3.05, 3.63) is 59.6 Å². The van der Waals surface area contributed by atoms with Gasteiger partial charge in [0.05, 0.1) is 25.0 Å². The first-order valence-electron chi connectivity index (χ1n) is 7.62. The molecule has 124 valence electrons. The molecule has 0 saturated carbocycles. The third-order valence-electron chi connectivity index (χ3n) is 3.89. The second kappa shape index (κ2) is 6.71. The van der Waals surface area contributed by atoms with E-state index >= 15 is 0 Å². The van der Waals surface area contributed by atoms with Crippen LogP contribution in [0.3, 0.4) is 0 Å². The number of amides is 1. The molecular weight excluding hydrogens is 421 g/mol. The monoisotopic (exact) mass is 437 g/mol. The van der Waals surface area contributed by atoms with Gasteiger partial charge in [-0.1, -0.05) is 30.3 Å². The van der Waals surface area contributed by atoms with Crippen molar-refractivity contribution in [2.45, 2.75) is 19.7 Å². The van der Waals surface area contributed by atoms with Crippen LogP contribution < -0.4 is 8.27 Å². The number of hydrogen-bond acceptors (Lipinski definition) is 5. The summed E-state index contributed by atoms with van der Waals surface area (Å²) >= 11 is -0.434. The molecule has 4 rings (SSSR count). The lowest BCUT2D eigenvalue weighted by Gasteiger charge is -2.27. The number of aromatic nitrogens is 2. The van der Waals surface area contributed by atoms with E-state index in [9.17, 15) is 4.79 Å². The van der Waals surface area contributed by atoms with Crippen LogP contribution in [0.15, 0.2) is 51.4 Å². The van der Waals surface area contributed by atoms with Gasteiger partial charge in [0, 0.05) is 12.6 Å². The Kier molecular flexibility index (Phi) is 4.28. The number of benzene rings is 1. The molecule has 0 spiro atoms. The molecule has 0 saturated heterocycles. The molecule has 0 bridgehead atoms. The molecule has 0 radical (unpaired) electrons. The maximum Gasteiger partial charge on any atom is 0.272 e. The Morgan fingerprint density at radius 1 is 1.29 bits per heavy atom. The van der Waals surface area contributed by atoms with Gasteiger partial charge >= 0.3 is 0 Å². The van der Waals surface area contributed by atoms with Gasteiger partial charge in [0.1, 0.15) is 33.6 Å². The van der Waals surface area contributed by atoms with E-state index in [1.165, 1.54) is 0 Å². The van der Waals surface area contributed by atoms with E-state index in [-0.39, 0.29) is 5.91 Å². The zero-order valence-corrected chi connectivity index (χ0v) is 15.0. The van der Waals surface area contributed by atoms with Crippen LogP contribution in [0.25, 0.3) is 0 Å². The van der Waals surface area contributed by atoms with Gasteiger partial charge in [0.15, 0.2) is 0 Å². The zero-order valence-electron chi connectivity index (χ0n) is 12.9. The largest absolute Gasteiger partial charge is 0.472 e. The Balaban J connectivity index is 1.41. The Morgan fingerprint density at radius 3 is 2.96 bits per heavy atom. The summed E-state index contributed by atoms with van der Waals surface area (Å²) in [7, 11) is 0. The van der Waals surface area contributed by atoms with Crippen molar-refractivity contribution >= 4 is 27.2 Å². The minimum absolute atomic E-state index is 0.00940. The topological polar surface area (TPSA) is 71.8 Å². The van der Waals surface area contributed by atoms with E-state index in [1.807, 2.05) is 46.0 Å². The highest BCUT2D eigenvalue weighted by Gasteiger charge is 2.25. The van der Waals surface area contributed by atoms with E-state index in [4.69, 9.17) is 4.74 Å².